The van der Waals surface area contributed by atoms with E-state index in [1.165, 1.54) is 11.8 Å². The lowest BCUT2D eigenvalue weighted by atomic mass is 9.96. The fraction of sp³-hybridized carbons (Fsp3) is 0.619. The predicted octanol–water partition coefficient (Wildman–Crippen LogP) is -1.62. The second-order valence-corrected chi connectivity index (χ2v) is 16.4. The Kier molecular flexibility index (Phi) is 17.5. The van der Waals surface area contributed by atoms with E-state index in [4.69, 9.17) is 11.5 Å². The van der Waals surface area contributed by atoms with E-state index in [-0.39, 0.29) is 51.2 Å². The first kappa shape index (κ1) is 47.3. The van der Waals surface area contributed by atoms with Gasteiger partial charge in [-0.25, -0.2) is 0 Å². The minimum Gasteiger partial charge on any atom is -0.391 e. The Bertz CT molecular complexity index is 1950. The van der Waals surface area contributed by atoms with Gasteiger partial charge in [-0.3, -0.25) is 38.8 Å². The van der Waals surface area contributed by atoms with Crippen LogP contribution in [0.1, 0.15) is 77.7 Å². The van der Waals surface area contributed by atoms with Crippen molar-refractivity contribution >= 4 is 58.1 Å². The molecule has 0 aliphatic carbocycles. The Morgan fingerprint density at radius 1 is 0.887 bits per heavy atom. The highest BCUT2D eigenvalue weighted by Crippen LogP contribution is 2.24. The molecule has 3 aliphatic heterocycles. The highest BCUT2D eigenvalue weighted by atomic mass is 16.3. The Balaban J connectivity index is 1.51. The van der Waals surface area contributed by atoms with Crippen molar-refractivity contribution in [2.45, 2.75) is 121 Å². The summed E-state index contributed by atoms with van der Waals surface area (Å²) < 4.78 is 0. The summed E-state index contributed by atoms with van der Waals surface area (Å²) in [5.74, 6) is -3.71. The lowest BCUT2D eigenvalue weighted by Crippen LogP contribution is -2.63. The summed E-state index contributed by atoms with van der Waals surface area (Å²) in [7, 11) is 0. The molecule has 2 aromatic rings. The van der Waals surface area contributed by atoms with Crippen molar-refractivity contribution in [2.24, 2.45) is 27.4 Å². The molecule has 1 aromatic carbocycles. The van der Waals surface area contributed by atoms with Gasteiger partial charge in [-0.15, -0.1) is 0 Å². The van der Waals surface area contributed by atoms with Gasteiger partial charge in [0.1, 0.15) is 42.1 Å². The predicted molar refractivity (Wildman–Crippen MR) is 234 cm³/mol. The van der Waals surface area contributed by atoms with Crippen molar-refractivity contribution in [1.82, 2.24) is 47.1 Å². The lowest BCUT2D eigenvalue weighted by Gasteiger charge is -2.33. The molecule has 20 heteroatoms. The van der Waals surface area contributed by atoms with E-state index in [2.05, 4.69) is 52.2 Å². The fourth-order valence-corrected chi connectivity index (χ4v) is 8.01. The van der Waals surface area contributed by atoms with Crippen LogP contribution in [-0.4, -0.2) is 144 Å². The van der Waals surface area contributed by atoms with Crippen LogP contribution >= 0.6 is 0 Å². The van der Waals surface area contributed by atoms with Gasteiger partial charge in [0.05, 0.1) is 12.6 Å². The quantitative estimate of drug-likeness (QED) is 0.0550. The van der Waals surface area contributed by atoms with Crippen molar-refractivity contribution in [3.63, 3.8) is 0 Å². The number of aliphatic imine (C=N–C) groups is 2. The highest BCUT2D eigenvalue weighted by Gasteiger charge is 2.41. The molecule has 6 amide bonds. The number of H-pyrrole nitrogens is 1. The van der Waals surface area contributed by atoms with Crippen LogP contribution in [0.25, 0.3) is 10.9 Å². The molecule has 8 atom stereocenters. The van der Waals surface area contributed by atoms with E-state index in [0.29, 0.717) is 32.4 Å². The SMILES string of the molecule is CC[C@H](C)[C@@H]1NC(=O)[C@H]([C@@H](C)O)NC(=O)[C@H]2CCCN2C(=O)[C@H](Cc2c[nH]c3ccccc23)NC(=O)[C@H](CCCNCC2=NCCCN2)NC(=O)[C@@H](CCCN=C(N)N)NC1=O. The molecule has 3 aliphatic rings. The van der Waals surface area contributed by atoms with Crippen molar-refractivity contribution < 1.29 is 33.9 Å². The monoisotopic (exact) mass is 864 g/mol. The molecule has 0 radical (unpaired) electrons. The van der Waals surface area contributed by atoms with E-state index < -0.39 is 83.7 Å². The van der Waals surface area contributed by atoms with Gasteiger partial charge in [-0.2, -0.15) is 0 Å². The summed E-state index contributed by atoms with van der Waals surface area (Å²) in [6.45, 7) is 7.84. The third-order valence-electron chi connectivity index (χ3n) is 11.7. The van der Waals surface area contributed by atoms with Gasteiger partial charge >= 0.3 is 0 Å². The maximum atomic E-state index is 14.7. The number of aromatic amines is 1. The normalized spacial score (nSPS) is 25.4. The number of rotatable bonds is 15. The number of benzene rings is 1. The van der Waals surface area contributed by atoms with Gasteiger partial charge in [0, 0.05) is 49.7 Å². The first-order chi connectivity index (χ1) is 29.8. The number of carbonyl (C=O) groups is 6. The smallest absolute Gasteiger partial charge is 0.246 e. The third-order valence-corrected chi connectivity index (χ3v) is 11.7. The molecule has 20 nitrogen and oxygen atoms in total. The number of aliphatic hydroxyl groups is 1. The minimum atomic E-state index is -1.49. The topological polar surface area (TPSA) is 303 Å². The Morgan fingerprint density at radius 2 is 1.56 bits per heavy atom. The van der Waals surface area contributed by atoms with Gasteiger partial charge in [0.2, 0.25) is 35.4 Å². The number of amides is 6. The average molecular weight is 864 g/mol. The molecule has 1 aromatic heterocycles. The van der Waals surface area contributed by atoms with E-state index in [0.717, 1.165) is 41.8 Å². The van der Waals surface area contributed by atoms with Gasteiger partial charge in [-0.05, 0) is 76.0 Å². The molecular weight excluding hydrogens is 799 g/mol. The number of hydrogen-bond acceptors (Lipinski definition) is 11. The standard InChI is InChI=1S/C42H65N13O7/c1-4-24(2)34-39(60)51-30(14-8-17-48-42(43)44)36(57)50-29(13-7-16-45-23-33-46-18-10-19-47-33)37(58)52-31(21-26-22-49-28-12-6-5-11-27(26)28)41(62)55-20-9-15-32(55)38(59)54-35(25(3)56)40(61)53-34/h5-6,11-12,22,24-25,29-32,34-35,45,49,56H,4,7-10,13-21,23H2,1-3H3,(H,46,47)(H,50,57)(H,51,60)(H,52,58)(H,53,61)(H,54,59)(H4,43,44,48)/t24-,25+,29-,30+,31-,32+,34-,35-/m0/s1. The molecular formula is C42H65N13O7. The van der Waals surface area contributed by atoms with Crippen LogP contribution < -0.4 is 48.7 Å². The number of amidine groups is 1. The number of fused-ring (bicyclic) bond motifs is 2. The summed E-state index contributed by atoms with van der Waals surface area (Å²) in [6, 6.07) is 0.326. The zero-order valence-electron chi connectivity index (χ0n) is 36.0. The Morgan fingerprint density at radius 3 is 2.26 bits per heavy atom. The summed E-state index contributed by atoms with van der Waals surface area (Å²) in [5.41, 5.74) is 12.7. The molecule has 2 saturated heterocycles. The molecule has 0 bridgehead atoms. The summed E-state index contributed by atoms with van der Waals surface area (Å²) in [5, 5.41) is 32.2. The summed E-state index contributed by atoms with van der Waals surface area (Å²) in [6.07, 6.45) is 3.52. The molecule has 2 fully saturated rings. The van der Waals surface area contributed by atoms with Gasteiger partial charge in [-0.1, -0.05) is 38.5 Å². The zero-order valence-corrected chi connectivity index (χ0v) is 36.0. The number of para-hydroxylation sites is 1. The van der Waals surface area contributed by atoms with E-state index in [9.17, 15) is 33.9 Å². The Labute approximate surface area is 362 Å². The molecule has 4 heterocycles. The molecule has 0 saturated carbocycles. The maximum Gasteiger partial charge on any atom is 0.246 e. The van der Waals surface area contributed by atoms with Crippen LogP contribution in [-0.2, 0) is 35.2 Å². The number of guanidine groups is 1. The first-order valence-corrected chi connectivity index (χ1v) is 21.9. The van der Waals surface area contributed by atoms with Gasteiger partial charge in [0.25, 0.3) is 0 Å². The van der Waals surface area contributed by atoms with Crippen molar-refractivity contribution in [3.8, 4) is 0 Å². The second-order valence-electron chi connectivity index (χ2n) is 16.4. The first-order valence-electron chi connectivity index (χ1n) is 21.9. The van der Waals surface area contributed by atoms with Crippen LogP contribution in [0.5, 0.6) is 0 Å². The van der Waals surface area contributed by atoms with Gasteiger partial charge in [0.15, 0.2) is 5.96 Å². The molecule has 5 rings (SSSR count). The molecule has 62 heavy (non-hydrogen) atoms. The Hall–Kier alpha value is -5.76. The number of nitrogens with one attached hydrogen (secondary N) is 8. The molecule has 340 valence electrons. The number of nitrogens with zero attached hydrogens (tertiary/aromatic N) is 3. The number of aromatic nitrogens is 1. The van der Waals surface area contributed by atoms with Crippen molar-refractivity contribution in [3.05, 3.63) is 36.0 Å². The average Bonchev–Trinajstić information content (AvgIpc) is 3.92. The minimum absolute atomic E-state index is 0.0515. The molecule has 13 N–H and O–H groups in total. The molecule has 0 spiro atoms. The van der Waals surface area contributed by atoms with Crippen molar-refractivity contribution in [2.75, 3.05) is 39.3 Å². The van der Waals surface area contributed by atoms with E-state index in [1.807, 2.05) is 31.2 Å². The number of nitrogens with two attached hydrogens (primary N) is 2. The molecule has 0 unspecified atom stereocenters. The maximum absolute atomic E-state index is 14.7. The van der Waals surface area contributed by atoms with E-state index >= 15 is 0 Å². The second kappa shape index (κ2) is 22.9. The highest BCUT2D eigenvalue weighted by molar-refractivity contribution is 5.99. The summed E-state index contributed by atoms with van der Waals surface area (Å²) in [4.78, 5) is 98.7. The number of aliphatic hydroxyl groups excluding tert-OH is 1. The third kappa shape index (κ3) is 12.9. The van der Waals surface area contributed by atoms with Gasteiger partial charge < -0.3 is 63.7 Å². The number of carbonyl (C=O) groups excluding carboxylic acids is 6. The fourth-order valence-electron chi connectivity index (χ4n) is 8.01. The summed E-state index contributed by atoms with van der Waals surface area (Å²) >= 11 is 0. The largest absolute Gasteiger partial charge is 0.391 e. The van der Waals surface area contributed by atoms with Crippen LogP contribution in [0.3, 0.4) is 0 Å². The van der Waals surface area contributed by atoms with Crippen LogP contribution in [0.15, 0.2) is 40.4 Å². The lowest BCUT2D eigenvalue weighted by molar-refractivity contribution is -0.143. The van der Waals surface area contributed by atoms with Crippen LogP contribution in [0, 0.1) is 5.92 Å². The van der Waals surface area contributed by atoms with Crippen LogP contribution in [0.2, 0.25) is 0 Å². The number of hydrogen-bond donors (Lipinski definition) is 11. The zero-order chi connectivity index (χ0) is 44.8. The van der Waals surface area contributed by atoms with Crippen molar-refractivity contribution in [1.29, 1.82) is 0 Å². The van der Waals surface area contributed by atoms with Crippen LogP contribution in [0.4, 0.5) is 0 Å². The van der Waals surface area contributed by atoms with E-state index in [1.54, 1.807) is 13.1 Å².